The maximum atomic E-state index is 6.24. The number of hydrogen-bond acceptors (Lipinski definition) is 4. The number of nitrogens with two attached hydrogens (primary N) is 1. The first-order valence-corrected chi connectivity index (χ1v) is 6.03. The van der Waals surface area contributed by atoms with Gasteiger partial charge < -0.3 is 15.4 Å². The average molecular weight is 252 g/mol. The Bertz CT molecular complexity index is 469. The topological polar surface area (TPSA) is 50.9 Å². The molecule has 90 valence electrons. The molecule has 0 amide bonds. The standard InChI is InChI=1S/C12H14ClN3O/c13-9-3-1-2-4-10(9)16-11(14)15-7-12(16)5-6-17-8-12/h1-4H,5-8H2,(H2,14,15). The normalized spacial score (nSPS) is 27.8. The van der Waals surface area contributed by atoms with Gasteiger partial charge in [-0.2, -0.15) is 0 Å². The molecule has 0 aromatic heterocycles. The van der Waals surface area contributed by atoms with Gasteiger partial charge in [0.05, 0.1) is 29.4 Å². The van der Waals surface area contributed by atoms with Crippen LogP contribution >= 0.6 is 11.6 Å². The Hall–Kier alpha value is -1.26. The molecule has 1 saturated heterocycles. The molecule has 1 spiro atoms. The molecular weight excluding hydrogens is 238 g/mol. The van der Waals surface area contributed by atoms with E-state index in [4.69, 9.17) is 22.1 Å². The van der Waals surface area contributed by atoms with Crippen LogP contribution in [0.1, 0.15) is 6.42 Å². The summed E-state index contributed by atoms with van der Waals surface area (Å²) in [5.74, 6) is 0.531. The van der Waals surface area contributed by atoms with Crippen LogP contribution in [0.2, 0.25) is 5.02 Å². The zero-order chi connectivity index (χ0) is 11.9. The Kier molecular flexibility index (Phi) is 2.49. The molecule has 1 aromatic carbocycles. The molecular formula is C12H14ClN3O. The predicted octanol–water partition coefficient (Wildman–Crippen LogP) is 1.63. The van der Waals surface area contributed by atoms with Crippen molar-refractivity contribution in [3.05, 3.63) is 29.3 Å². The molecule has 1 atom stereocenters. The van der Waals surface area contributed by atoms with Crippen molar-refractivity contribution >= 4 is 23.2 Å². The molecule has 0 aliphatic carbocycles. The van der Waals surface area contributed by atoms with E-state index in [1.54, 1.807) is 0 Å². The Morgan fingerprint density at radius 3 is 2.94 bits per heavy atom. The maximum Gasteiger partial charge on any atom is 0.196 e. The number of ether oxygens (including phenoxy) is 1. The summed E-state index contributed by atoms with van der Waals surface area (Å²) in [6, 6.07) is 7.70. The van der Waals surface area contributed by atoms with Gasteiger partial charge in [-0.15, -0.1) is 0 Å². The largest absolute Gasteiger partial charge is 0.379 e. The van der Waals surface area contributed by atoms with E-state index >= 15 is 0 Å². The summed E-state index contributed by atoms with van der Waals surface area (Å²) in [4.78, 5) is 6.38. The minimum Gasteiger partial charge on any atom is -0.379 e. The summed E-state index contributed by atoms with van der Waals surface area (Å²) in [6.45, 7) is 2.09. The third kappa shape index (κ3) is 1.59. The summed E-state index contributed by atoms with van der Waals surface area (Å²) in [5, 5.41) is 0.693. The SMILES string of the molecule is NC1=NCC2(CCOC2)N1c1ccccc1Cl. The lowest BCUT2D eigenvalue weighted by molar-refractivity contribution is 0.181. The monoisotopic (exact) mass is 251 g/mol. The number of rotatable bonds is 1. The van der Waals surface area contributed by atoms with Crippen LogP contribution in [0.4, 0.5) is 5.69 Å². The van der Waals surface area contributed by atoms with Gasteiger partial charge >= 0.3 is 0 Å². The highest BCUT2D eigenvalue weighted by Gasteiger charge is 2.46. The van der Waals surface area contributed by atoms with Gasteiger partial charge in [-0.3, -0.25) is 4.99 Å². The summed E-state index contributed by atoms with van der Waals surface area (Å²) in [5.41, 5.74) is 6.78. The van der Waals surface area contributed by atoms with Crippen molar-refractivity contribution in [3.63, 3.8) is 0 Å². The first-order valence-electron chi connectivity index (χ1n) is 5.65. The molecule has 2 N–H and O–H groups in total. The molecule has 1 aromatic rings. The molecule has 5 heteroatoms. The van der Waals surface area contributed by atoms with E-state index in [9.17, 15) is 0 Å². The minimum absolute atomic E-state index is 0.130. The number of anilines is 1. The Morgan fingerprint density at radius 1 is 1.41 bits per heavy atom. The van der Waals surface area contributed by atoms with Gasteiger partial charge in [0.1, 0.15) is 0 Å². The number of hydrogen-bond donors (Lipinski definition) is 1. The predicted molar refractivity (Wildman–Crippen MR) is 68.6 cm³/mol. The van der Waals surface area contributed by atoms with E-state index in [1.165, 1.54) is 0 Å². The summed E-state index contributed by atoms with van der Waals surface area (Å²) in [6.07, 6.45) is 0.933. The number of halogens is 1. The molecule has 1 unspecified atom stereocenters. The zero-order valence-corrected chi connectivity index (χ0v) is 10.2. The Morgan fingerprint density at radius 2 is 2.24 bits per heavy atom. The molecule has 2 aliphatic heterocycles. The van der Waals surface area contributed by atoms with Crippen molar-refractivity contribution < 1.29 is 4.74 Å². The fraction of sp³-hybridized carbons (Fsp3) is 0.417. The van der Waals surface area contributed by atoms with Gasteiger partial charge in [0.25, 0.3) is 0 Å². The lowest BCUT2D eigenvalue weighted by atomic mass is 9.97. The second kappa shape index (κ2) is 3.89. The Labute approximate surface area is 105 Å². The van der Waals surface area contributed by atoms with Crippen molar-refractivity contribution in [2.45, 2.75) is 12.0 Å². The second-order valence-corrected chi connectivity index (χ2v) is 4.90. The third-order valence-corrected chi connectivity index (χ3v) is 3.73. The van der Waals surface area contributed by atoms with Gasteiger partial charge in [0, 0.05) is 6.61 Å². The Balaban J connectivity index is 2.05. The van der Waals surface area contributed by atoms with Crippen LogP contribution in [0.15, 0.2) is 29.3 Å². The van der Waals surface area contributed by atoms with Crippen LogP contribution in [-0.4, -0.2) is 31.3 Å². The summed E-state index contributed by atoms with van der Waals surface area (Å²) in [7, 11) is 0. The van der Waals surface area contributed by atoms with Crippen molar-refractivity contribution in [3.8, 4) is 0 Å². The zero-order valence-electron chi connectivity index (χ0n) is 9.40. The molecule has 0 radical (unpaired) electrons. The van der Waals surface area contributed by atoms with Crippen LogP contribution in [0.25, 0.3) is 0 Å². The third-order valence-electron chi connectivity index (χ3n) is 3.41. The van der Waals surface area contributed by atoms with Gasteiger partial charge in [-0.05, 0) is 18.6 Å². The smallest absolute Gasteiger partial charge is 0.196 e. The van der Waals surface area contributed by atoms with Crippen LogP contribution in [0, 0.1) is 0 Å². The van der Waals surface area contributed by atoms with Crippen molar-refractivity contribution in [1.29, 1.82) is 0 Å². The van der Waals surface area contributed by atoms with E-state index in [1.807, 2.05) is 29.2 Å². The van der Waals surface area contributed by atoms with Crippen LogP contribution in [0.3, 0.4) is 0 Å². The molecule has 0 bridgehead atoms. The minimum atomic E-state index is -0.130. The highest BCUT2D eigenvalue weighted by Crippen LogP contribution is 2.38. The van der Waals surface area contributed by atoms with Gasteiger partial charge in [-0.1, -0.05) is 23.7 Å². The van der Waals surface area contributed by atoms with E-state index in [-0.39, 0.29) is 5.54 Å². The highest BCUT2D eigenvalue weighted by atomic mass is 35.5. The molecule has 3 rings (SSSR count). The van der Waals surface area contributed by atoms with Gasteiger partial charge in [0.2, 0.25) is 0 Å². The molecule has 17 heavy (non-hydrogen) atoms. The fourth-order valence-electron chi connectivity index (χ4n) is 2.52. The van der Waals surface area contributed by atoms with Crippen molar-refractivity contribution in [1.82, 2.24) is 0 Å². The van der Waals surface area contributed by atoms with E-state index in [2.05, 4.69) is 4.99 Å². The van der Waals surface area contributed by atoms with Crippen LogP contribution in [-0.2, 0) is 4.74 Å². The molecule has 2 aliphatic rings. The summed E-state index contributed by atoms with van der Waals surface area (Å²) >= 11 is 6.24. The number of nitrogens with zero attached hydrogens (tertiary/aromatic N) is 2. The van der Waals surface area contributed by atoms with E-state index in [0.29, 0.717) is 24.1 Å². The first kappa shape index (κ1) is 10.9. The number of guanidine groups is 1. The highest BCUT2D eigenvalue weighted by molar-refractivity contribution is 6.34. The second-order valence-electron chi connectivity index (χ2n) is 4.49. The lowest BCUT2D eigenvalue weighted by Crippen LogP contribution is -2.52. The molecule has 2 heterocycles. The lowest BCUT2D eigenvalue weighted by Gasteiger charge is -2.35. The number of aliphatic imine (C=N–C) groups is 1. The van der Waals surface area contributed by atoms with Crippen molar-refractivity contribution in [2.75, 3.05) is 24.7 Å². The number of benzene rings is 1. The number of para-hydroxylation sites is 1. The quantitative estimate of drug-likeness (QED) is 0.826. The van der Waals surface area contributed by atoms with Crippen LogP contribution in [0.5, 0.6) is 0 Å². The van der Waals surface area contributed by atoms with E-state index in [0.717, 1.165) is 18.7 Å². The van der Waals surface area contributed by atoms with Gasteiger partial charge in [0.15, 0.2) is 5.96 Å². The average Bonchev–Trinajstić information content (AvgIpc) is 2.90. The first-order chi connectivity index (χ1) is 8.23. The molecule has 4 nitrogen and oxygen atoms in total. The van der Waals surface area contributed by atoms with Crippen LogP contribution < -0.4 is 10.6 Å². The molecule has 1 fully saturated rings. The van der Waals surface area contributed by atoms with Crippen molar-refractivity contribution in [2.24, 2.45) is 10.7 Å². The van der Waals surface area contributed by atoms with Gasteiger partial charge in [-0.25, -0.2) is 0 Å². The van der Waals surface area contributed by atoms with E-state index < -0.39 is 0 Å². The summed E-state index contributed by atoms with van der Waals surface area (Å²) < 4.78 is 5.51. The molecule has 0 saturated carbocycles. The fourth-order valence-corrected chi connectivity index (χ4v) is 2.74. The maximum absolute atomic E-state index is 6.24.